The monoisotopic (exact) mass is 343 g/mol. The Morgan fingerprint density at radius 3 is 2.52 bits per heavy atom. The topological polar surface area (TPSA) is 30.5 Å². The minimum absolute atomic E-state index is 0.0610. The van der Waals surface area contributed by atoms with Crippen LogP contribution in [-0.2, 0) is 0 Å². The van der Waals surface area contributed by atoms with E-state index in [2.05, 4.69) is 5.32 Å². The van der Waals surface area contributed by atoms with Gasteiger partial charge in [-0.3, -0.25) is 0 Å². The second-order valence-corrected chi connectivity index (χ2v) is 5.89. The Morgan fingerprint density at radius 2 is 1.76 bits per heavy atom. The SMILES string of the molecule is CC(Nc1cc2c(cc1Cl)OCO2)c1cccc(Cl)c1Cl. The number of hydrogen-bond donors (Lipinski definition) is 1. The molecule has 110 valence electrons. The number of ether oxygens (including phenoxy) is 2. The Hall–Kier alpha value is -1.29. The summed E-state index contributed by atoms with van der Waals surface area (Å²) in [5.74, 6) is 1.32. The molecular weight excluding hydrogens is 333 g/mol. The minimum atomic E-state index is -0.0610. The molecule has 0 saturated heterocycles. The second-order valence-electron chi connectivity index (χ2n) is 4.69. The van der Waals surface area contributed by atoms with Crippen LogP contribution in [0.1, 0.15) is 18.5 Å². The maximum Gasteiger partial charge on any atom is 0.231 e. The van der Waals surface area contributed by atoms with Gasteiger partial charge in [0.15, 0.2) is 11.5 Å². The van der Waals surface area contributed by atoms with E-state index in [4.69, 9.17) is 44.3 Å². The molecular formula is C15H12Cl3NO2. The molecule has 0 spiro atoms. The van der Waals surface area contributed by atoms with E-state index in [0.29, 0.717) is 26.6 Å². The third-order valence-corrected chi connectivity index (χ3v) is 4.43. The average Bonchev–Trinajstić information content (AvgIpc) is 2.89. The van der Waals surface area contributed by atoms with Crippen molar-refractivity contribution in [1.29, 1.82) is 0 Å². The van der Waals surface area contributed by atoms with Crippen LogP contribution in [0.25, 0.3) is 0 Å². The van der Waals surface area contributed by atoms with Crippen LogP contribution >= 0.6 is 34.8 Å². The molecule has 1 atom stereocenters. The van der Waals surface area contributed by atoms with Crippen molar-refractivity contribution in [3.8, 4) is 11.5 Å². The first-order valence-electron chi connectivity index (χ1n) is 6.36. The highest BCUT2D eigenvalue weighted by Gasteiger charge is 2.18. The van der Waals surface area contributed by atoms with E-state index in [1.54, 1.807) is 12.1 Å². The van der Waals surface area contributed by atoms with Crippen LogP contribution in [0.3, 0.4) is 0 Å². The number of benzene rings is 2. The maximum atomic E-state index is 6.25. The van der Waals surface area contributed by atoms with E-state index in [9.17, 15) is 0 Å². The fourth-order valence-electron chi connectivity index (χ4n) is 2.19. The standard InChI is InChI=1S/C15H12Cl3NO2/c1-8(9-3-2-4-10(16)15(9)18)19-12-6-14-13(5-11(12)17)20-7-21-14/h2-6,8,19H,7H2,1H3. The molecule has 1 aliphatic rings. The third-order valence-electron chi connectivity index (χ3n) is 3.28. The Kier molecular flexibility index (Phi) is 4.07. The quantitative estimate of drug-likeness (QED) is 0.792. The van der Waals surface area contributed by atoms with Gasteiger partial charge in [-0.15, -0.1) is 0 Å². The largest absolute Gasteiger partial charge is 0.454 e. The molecule has 0 aliphatic carbocycles. The summed E-state index contributed by atoms with van der Waals surface area (Å²) in [5, 5.41) is 4.94. The van der Waals surface area contributed by atoms with Gasteiger partial charge >= 0.3 is 0 Å². The van der Waals surface area contributed by atoms with Crippen molar-refractivity contribution in [3.63, 3.8) is 0 Å². The van der Waals surface area contributed by atoms with Crippen molar-refractivity contribution >= 4 is 40.5 Å². The zero-order chi connectivity index (χ0) is 15.0. The van der Waals surface area contributed by atoms with Gasteiger partial charge < -0.3 is 14.8 Å². The van der Waals surface area contributed by atoms with Crippen LogP contribution in [0.5, 0.6) is 11.5 Å². The summed E-state index contributed by atoms with van der Waals surface area (Å²) in [4.78, 5) is 0. The molecule has 3 nitrogen and oxygen atoms in total. The van der Waals surface area contributed by atoms with Crippen LogP contribution < -0.4 is 14.8 Å². The summed E-state index contributed by atoms with van der Waals surface area (Å²) >= 11 is 18.5. The highest BCUT2D eigenvalue weighted by molar-refractivity contribution is 6.42. The molecule has 2 aromatic rings. The van der Waals surface area contributed by atoms with E-state index >= 15 is 0 Å². The third kappa shape index (κ3) is 2.86. The number of anilines is 1. The molecule has 6 heteroatoms. The number of halogens is 3. The first-order valence-corrected chi connectivity index (χ1v) is 7.49. The van der Waals surface area contributed by atoms with Gasteiger partial charge in [0.2, 0.25) is 6.79 Å². The number of fused-ring (bicyclic) bond motifs is 1. The molecule has 0 bridgehead atoms. The Labute approximate surface area is 137 Å². The molecule has 3 rings (SSSR count). The molecule has 1 unspecified atom stereocenters. The summed E-state index contributed by atoms with van der Waals surface area (Å²) < 4.78 is 10.6. The van der Waals surface area contributed by atoms with Crippen LogP contribution in [-0.4, -0.2) is 6.79 Å². The van der Waals surface area contributed by atoms with Gasteiger partial charge in [-0.1, -0.05) is 46.9 Å². The normalized spacial score (nSPS) is 14.1. The van der Waals surface area contributed by atoms with Crippen LogP contribution in [0.4, 0.5) is 5.69 Å². The van der Waals surface area contributed by atoms with Crippen molar-refractivity contribution in [2.75, 3.05) is 12.1 Å². The smallest absolute Gasteiger partial charge is 0.231 e. The van der Waals surface area contributed by atoms with Crippen LogP contribution in [0, 0.1) is 0 Å². The van der Waals surface area contributed by atoms with E-state index in [1.165, 1.54) is 0 Å². The van der Waals surface area contributed by atoms with Crippen LogP contribution in [0.2, 0.25) is 15.1 Å². The van der Waals surface area contributed by atoms with Gasteiger partial charge in [0.1, 0.15) is 0 Å². The van der Waals surface area contributed by atoms with Crippen molar-refractivity contribution in [1.82, 2.24) is 0 Å². The van der Waals surface area contributed by atoms with E-state index < -0.39 is 0 Å². The highest BCUT2D eigenvalue weighted by atomic mass is 35.5. The van der Waals surface area contributed by atoms with Gasteiger partial charge in [0.25, 0.3) is 0 Å². The molecule has 21 heavy (non-hydrogen) atoms. The molecule has 0 aromatic heterocycles. The Balaban J connectivity index is 1.88. The van der Waals surface area contributed by atoms with E-state index in [0.717, 1.165) is 11.3 Å². The zero-order valence-corrected chi connectivity index (χ0v) is 13.4. The Bertz CT molecular complexity index is 691. The molecule has 0 saturated carbocycles. The highest BCUT2D eigenvalue weighted by Crippen LogP contribution is 2.41. The lowest BCUT2D eigenvalue weighted by atomic mass is 10.1. The van der Waals surface area contributed by atoms with Gasteiger partial charge in [-0.2, -0.15) is 0 Å². The lowest BCUT2D eigenvalue weighted by molar-refractivity contribution is 0.174. The van der Waals surface area contributed by atoms with Crippen LogP contribution in [0.15, 0.2) is 30.3 Å². The molecule has 1 aliphatic heterocycles. The number of nitrogens with one attached hydrogen (secondary N) is 1. The van der Waals surface area contributed by atoms with Crippen molar-refractivity contribution in [3.05, 3.63) is 51.0 Å². The summed E-state index contributed by atoms with van der Waals surface area (Å²) in [6.45, 7) is 2.20. The summed E-state index contributed by atoms with van der Waals surface area (Å²) in [7, 11) is 0. The fraction of sp³-hybridized carbons (Fsp3) is 0.200. The van der Waals surface area contributed by atoms with Crippen molar-refractivity contribution < 1.29 is 9.47 Å². The molecule has 1 N–H and O–H groups in total. The summed E-state index contributed by atoms with van der Waals surface area (Å²) in [5.41, 5.74) is 1.65. The van der Waals surface area contributed by atoms with E-state index in [-0.39, 0.29) is 12.8 Å². The van der Waals surface area contributed by atoms with Crippen molar-refractivity contribution in [2.45, 2.75) is 13.0 Å². The first kappa shape index (κ1) is 14.6. The van der Waals surface area contributed by atoms with Gasteiger partial charge in [0.05, 0.1) is 26.8 Å². The van der Waals surface area contributed by atoms with E-state index in [1.807, 2.05) is 25.1 Å². The van der Waals surface area contributed by atoms with Gasteiger partial charge in [-0.25, -0.2) is 0 Å². The second kappa shape index (κ2) is 5.84. The molecule has 0 radical (unpaired) electrons. The summed E-state index contributed by atoms with van der Waals surface area (Å²) in [6.07, 6.45) is 0. The predicted octanol–water partition coefficient (Wildman–Crippen LogP) is 5.55. The predicted molar refractivity (Wildman–Crippen MR) is 86.1 cm³/mol. The lowest BCUT2D eigenvalue weighted by Crippen LogP contribution is -2.07. The zero-order valence-electron chi connectivity index (χ0n) is 11.1. The van der Waals surface area contributed by atoms with Crippen molar-refractivity contribution in [2.24, 2.45) is 0 Å². The Morgan fingerprint density at radius 1 is 1.05 bits per heavy atom. The molecule has 0 fully saturated rings. The molecule has 0 amide bonds. The molecule has 2 aromatic carbocycles. The maximum absolute atomic E-state index is 6.25. The number of hydrogen-bond acceptors (Lipinski definition) is 3. The minimum Gasteiger partial charge on any atom is -0.454 e. The van der Waals surface area contributed by atoms with Gasteiger partial charge in [-0.05, 0) is 18.6 Å². The first-order chi connectivity index (χ1) is 10.1. The lowest BCUT2D eigenvalue weighted by Gasteiger charge is -2.18. The number of rotatable bonds is 3. The fourth-order valence-corrected chi connectivity index (χ4v) is 2.87. The average molecular weight is 345 g/mol. The van der Waals surface area contributed by atoms with Gasteiger partial charge in [0, 0.05) is 12.1 Å². The summed E-state index contributed by atoms with van der Waals surface area (Å²) in [6, 6.07) is 9.04. The molecule has 1 heterocycles.